The van der Waals surface area contributed by atoms with Crippen molar-refractivity contribution in [1.82, 2.24) is 0 Å². The first-order chi connectivity index (χ1) is 8.85. The van der Waals surface area contributed by atoms with Crippen molar-refractivity contribution in [1.29, 1.82) is 0 Å². The van der Waals surface area contributed by atoms with Gasteiger partial charge >= 0.3 is 0 Å². The number of phenols is 1. The monoisotopic (exact) mass is 260 g/mol. The van der Waals surface area contributed by atoms with Gasteiger partial charge in [-0.25, -0.2) is 0 Å². The van der Waals surface area contributed by atoms with Gasteiger partial charge in [0.15, 0.2) is 0 Å². The van der Waals surface area contributed by atoms with Gasteiger partial charge in [0, 0.05) is 5.41 Å². The summed E-state index contributed by atoms with van der Waals surface area (Å²) in [6, 6.07) is 5.67. The third kappa shape index (κ3) is 1.73. The molecule has 1 aromatic rings. The van der Waals surface area contributed by atoms with Crippen molar-refractivity contribution in [2.45, 2.75) is 58.0 Å². The third-order valence-corrected chi connectivity index (χ3v) is 5.79. The number of benzene rings is 1. The van der Waals surface area contributed by atoms with E-state index in [4.69, 9.17) is 0 Å². The summed E-state index contributed by atoms with van der Waals surface area (Å²) >= 11 is 0. The second kappa shape index (κ2) is 3.99. The largest absolute Gasteiger partial charge is 0.508 e. The number of phenolic OH excluding ortho intramolecular Hbond substituents is 1. The number of hydrogen-bond acceptors (Lipinski definition) is 2. The van der Waals surface area contributed by atoms with E-state index in [0.29, 0.717) is 11.7 Å². The third-order valence-electron chi connectivity index (χ3n) is 5.79. The molecule has 1 saturated carbocycles. The molecule has 0 radical (unpaired) electrons. The van der Waals surface area contributed by atoms with E-state index in [9.17, 15) is 10.2 Å². The minimum Gasteiger partial charge on any atom is -0.508 e. The lowest BCUT2D eigenvalue weighted by molar-refractivity contribution is -0.0591. The highest BCUT2D eigenvalue weighted by Gasteiger charge is 2.54. The molecule has 0 amide bonds. The maximum atomic E-state index is 10.6. The van der Waals surface area contributed by atoms with Gasteiger partial charge < -0.3 is 10.2 Å². The number of aryl methyl sites for hydroxylation is 1. The Labute approximate surface area is 115 Å². The highest BCUT2D eigenvalue weighted by atomic mass is 16.3. The Morgan fingerprint density at radius 3 is 2.63 bits per heavy atom. The molecule has 2 N–H and O–H groups in total. The van der Waals surface area contributed by atoms with Crippen LogP contribution in [0.15, 0.2) is 18.2 Å². The molecule has 0 saturated heterocycles. The van der Waals surface area contributed by atoms with Crippen LogP contribution < -0.4 is 0 Å². The van der Waals surface area contributed by atoms with Crippen LogP contribution in [-0.2, 0) is 11.8 Å². The smallest absolute Gasteiger partial charge is 0.115 e. The predicted molar refractivity (Wildman–Crippen MR) is 76.3 cm³/mol. The molecule has 0 spiro atoms. The number of fused-ring (bicyclic) bond motifs is 3. The van der Waals surface area contributed by atoms with Crippen LogP contribution in [0, 0.1) is 11.3 Å². The van der Waals surface area contributed by atoms with Gasteiger partial charge in [-0.1, -0.05) is 26.8 Å². The van der Waals surface area contributed by atoms with Gasteiger partial charge in [0.05, 0.1) is 6.10 Å². The van der Waals surface area contributed by atoms with Crippen LogP contribution in [0.2, 0.25) is 0 Å². The molecule has 2 heteroatoms. The predicted octanol–water partition coefficient (Wildman–Crippen LogP) is 3.39. The van der Waals surface area contributed by atoms with Crippen molar-refractivity contribution in [2.75, 3.05) is 0 Å². The summed E-state index contributed by atoms with van der Waals surface area (Å²) in [5, 5.41) is 20.3. The lowest BCUT2D eigenvalue weighted by Crippen LogP contribution is -2.55. The fraction of sp³-hybridized carbons (Fsp3) is 0.647. The van der Waals surface area contributed by atoms with Gasteiger partial charge in [-0.3, -0.25) is 0 Å². The summed E-state index contributed by atoms with van der Waals surface area (Å²) in [4.78, 5) is 0. The van der Waals surface area contributed by atoms with Crippen molar-refractivity contribution in [3.63, 3.8) is 0 Å². The molecule has 0 bridgehead atoms. The van der Waals surface area contributed by atoms with Crippen LogP contribution >= 0.6 is 0 Å². The van der Waals surface area contributed by atoms with Gasteiger partial charge in [-0.05, 0) is 60.3 Å². The van der Waals surface area contributed by atoms with Gasteiger partial charge in [0.2, 0.25) is 0 Å². The lowest BCUT2D eigenvalue weighted by atomic mass is 9.49. The molecule has 0 aromatic heterocycles. The Balaban J connectivity index is 2.16. The lowest BCUT2D eigenvalue weighted by Gasteiger charge is -2.56. The summed E-state index contributed by atoms with van der Waals surface area (Å²) in [5.74, 6) is 0.853. The molecule has 3 unspecified atom stereocenters. The van der Waals surface area contributed by atoms with E-state index in [0.717, 1.165) is 25.7 Å². The van der Waals surface area contributed by atoms with Crippen molar-refractivity contribution in [2.24, 2.45) is 11.3 Å². The Kier molecular flexibility index (Phi) is 2.72. The molecular formula is C17H24O2. The Hall–Kier alpha value is -1.02. The highest BCUT2D eigenvalue weighted by Crippen LogP contribution is 2.57. The fourth-order valence-corrected chi connectivity index (χ4v) is 4.70. The number of hydrogen-bond donors (Lipinski definition) is 2. The standard InChI is InChI=1S/C17H24O2/c1-16(2)9-8-15(19)17(3)13-6-5-12(18)10-11(13)4-7-14(16)17/h5-6,10,14-15,18-19H,4,7-9H2,1-3H3. The maximum Gasteiger partial charge on any atom is 0.115 e. The SMILES string of the molecule is CC1(C)CCC(O)C2(C)c3ccc(O)cc3CCC12. The highest BCUT2D eigenvalue weighted by molar-refractivity contribution is 5.43. The number of aromatic hydroxyl groups is 1. The topological polar surface area (TPSA) is 40.5 Å². The van der Waals surface area contributed by atoms with Gasteiger partial charge in [0.1, 0.15) is 5.75 Å². The van der Waals surface area contributed by atoms with E-state index in [1.807, 2.05) is 12.1 Å². The summed E-state index contributed by atoms with van der Waals surface area (Å²) < 4.78 is 0. The summed E-state index contributed by atoms with van der Waals surface area (Å²) in [7, 11) is 0. The number of aliphatic hydroxyl groups is 1. The van der Waals surface area contributed by atoms with E-state index in [-0.39, 0.29) is 16.9 Å². The average molecular weight is 260 g/mol. The zero-order valence-electron chi connectivity index (χ0n) is 12.1. The van der Waals surface area contributed by atoms with Crippen molar-refractivity contribution in [3.8, 4) is 5.75 Å². The minimum absolute atomic E-state index is 0.164. The van der Waals surface area contributed by atoms with Crippen molar-refractivity contribution in [3.05, 3.63) is 29.3 Å². The molecule has 104 valence electrons. The molecular weight excluding hydrogens is 236 g/mol. The zero-order chi connectivity index (χ0) is 13.8. The quantitative estimate of drug-likeness (QED) is 0.750. The first-order valence-electron chi connectivity index (χ1n) is 7.36. The van der Waals surface area contributed by atoms with E-state index in [2.05, 4.69) is 20.8 Å². The van der Waals surface area contributed by atoms with Crippen LogP contribution in [0.25, 0.3) is 0 Å². The first-order valence-corrected chi connectivity index (χ1v) is 7.36. The molecule has 2 aliphatic rings. The molecule has 0 heterocycles. The minimum atomic E-state index is -0.269. The Morgan fingerprint density at radius 1 is 1.16 bits per heavy atom. The summed E-state index contributed by atoms with van der Waals surface area (Å²) in [5.41, 5.74) is 2.59. The molecule has 3 atom stereocenters. The van der Waals surface area contributed by atoms with E-state index in [1.54, 1.807) is 6.07 Å². The Morgan fingerprint density at radius 2 is 1.89 bits per heavy atom. The van der Waals surface area contributed by atoms with E-state index in [1.165, 1.54) is 11.1 Å². The molecule has 1 aromatic carbocycles. The van der Waals surface area contributed by atoms with Gasteiger partial charge in [-0.2, -0.15) is 0 Å². The van der Waals surface area contributed by atoms with Gasteiger partial charge in [-0.15, -0.1) is 0 Å². The van der Waals surface area contributed by atoms with Crippen LogP contribution in [0.3, 0.4) is 0 Å². The van der Waals surface area contributed by atoms with Gasteiger partial charge in [0.25, 0.3) is 0 Å². The normalized spacial score (nSPS) is 36.4. The molecule has 2 aliphatic carbocycles. The van der Waals surface area contributed by atoms with Crippen LogP contribution in [-0.4, -0.2) is 16.3 Å². The second-order valence-electron chi connectivity index (χ2n) is 7.26. The molecule has 2 nitrogen and oxygen atoms in total. The average Bonchev–Trinajstić information content (AvgIpc) is 2.34. The first kappa shape index (κ1) is 13.0. The fourth-order valence-electron chi connectivity index (χ4n) is 4.70. The van der Waals surface area contributed by atoms with Crippen molar-refractivity contribution < 1.29 is 10.2 Å². The molecule has 0 aliphatic heterocycles. The molecule has 19 heavy (non-hydrogen) atoms. The number of rotatable bonds is 0. The molecule has 1 fully saturated rings. The Bertz CT molecular complexity index is 506. The number of aliphatic hydroxyl groups excluding tert-OH is 1. The van der Waals surface area contributed by atoms with Crippen molar-refractivity contribution >= 4 is 0 Å². The van der Waals surface area contributed by atoms with Crippen LogP contribution in [0.4, 0.5) is 0 Å². The van der Waals surface area contributed by atoms with E-state index < -0.39 is 0 Å². The molecule has 3 rings (SSSR count). The summed E-state index contributed by atoms with van der Waals surface area (Å²) in [6.45, 7) is 6.90. The van der Waals surface area contributed by atoms with Crippen LogP contribution in [0.5, 0.6) is 5.75 Å². The zero-order valence-corrected chi connectivity index (χ0v) is 12.1. The van der Waals surface area contributed by atoms with Crippen LogP contribution in [0.1, 0.15) is 51.2 Å². The second-order valence-corrected chi connectivity index (χ2v) is 7.26. The van der Waals surface area contributed by atoms with E-state index >= 15 is 0 Å². The maximum absolute atomic E-state index is 10.6. The summed E-state index contributed by atoms with van der Waals surface area (Å²) in [6.07, 6.45) is 3.83.